The van der Waals surface area contributed by atoms with Crippen LogP contribution in [0.5, 0.6) is 5.75 Å². The number of aliphatic imine (C=N–C) groups is 1. The first kappa shape index (κ1) is 12.7. The third-order valence-electron chi connectivity index (χ3n) is 3.52. The molecule has 0 bridgehead atoms. The maximum absolute atomic E-state index is 9.69. The van der Waals surface area contributed by atoms with Gasteiger partial charge in [0.1, 0.15) is 11.4 Å². The summed E-state index contributed by atoms with van der Waals surface area (Å²) in [6.07, 6.45) is 5.89. The Labute approximate surface area is 118 Å². The van der Waals surface area contributed by atoms with E-state index in [1.165, 1.54) is 5.57 Å². The molecule has 1 aliphatic rings. The molecule has 1 N–H and O–H groups in total. The third-order valence-corrected chi connectivity index (χ3v) is 3.52. The highest BCUT2D eigenvalue weighted by Crippen LogP contribution is 2.38. The van der Waals surface area contributed by atoms with Gasteiger partial charge in [-0.25, -0.2) is 9.67 Å². The first-order valence-electron chi connectivity index (χ1n) is 6.79. The van der Waals surface area contributed by atoms with Crippen molar-refractivity contribution >= 4 is 17.6 Å². The Morgan fingerprint density at radius 2 is 2.20 bits per heavy atom. The number of aromatic hydroxyl groups is 1. The predicted octanol–water partition coefficient (Wildman–Crippen LogP) is 3.69. The van der Waals surface area contributed by atoms with Gasteiger partial charge in [-0.3, -0.25) is 0 Å². The highest BCUT2D eigenvalue weighted by Gasteiger charge is 2.20. The summed E-state index contributed by atoms with van der Waals surface area (Å²) in [5.41, 5.74) is 4.13. The summed E-state index contributed by atoms with van der Waals surface area (Å²) >= 11 is 0. The number of allylic oxidation sites excluding steroid dienone is 2. The highest BCUT2D eigenvalue weighted by molar-refractivity contribution is 5.88. The summed E-state index contributed by atoms with van der Waals surface area (Å²) in [5.74, 6) is 1.13. The Morgan fingerprint density at radius 1 is 1.35 bits per heavy atom. The van der Waals surface area contributed by atoms with E-state index in [0.29, 0.717) is 0 Å². The molecule has 1 aromatic heterocycles. The van der Waals surface area contributed by atoms with Crippen molar-refractivity contribution in [2.45, 2.75) is 19.8 Å². The largest absolute Gasteiger partial charge is 0.508 e. The summed E-state index contributed by atoms with van der Waals surface area (Å²) in [6, 6.07) is 7.20. The summed E-state index contributed by atoms with van der Waals surface area (Å²) in [6.45, 7) is 2.14. The summed E-state index contributed by atoms with van der Waals surface area (Å²) < 4.78 is 1.81. The monoisotopic (exact) mass is 267 g/mol. The normalized spacial score (nSPS) is 13.8. The Balaban J connectivity index is 2.26. The van der Waals surface area contributed by atoms with Gasteiger partial charge in [0.25, 0.3) is 0 Å². The van der Waals surface area contributed by atoms with E-state index in [0.717, 1.165) is 35.5 Å². The predicted molar refractivity (Wildman–Crippen MR) is 81.3 cm³/mol. The second kappa shape index (κ2) is 4.96. The molecule has 0 amide bonds. The lowest BCUT2D eigenvalue weighted by atomic mass is 9.98. The minimum absolute atomic E-state index is 0.251. The van der Waals surface area contributed by atoms with Crippen molar-refractivity contribution in [2.24, 2.45) is 12.0 Å². The molecular formula is C16H17N3O. The summed E-state index contributed by atoms with van der Waals surface area (Å²) in [7, 11) is 1.90. The maximum atomic E-state index is 9.69. The minimum Gasteiger partial charge on any atom is -0.508 e. The molecule has 102 valence electrons. The molecule has 0 radical (unpaired) electrons. The van der Waals surface area contributed by atoms with Gasteiger partial charge in [-0.2, -0.15) is 5.10 Å². The number of phenols is 1. The second-order valence-corrected chi connectivity index (χ2v) is 4.85. The molecule has 4 heteroatoms. The molecule has 2 aromatic rings. The van der Waals surface area contributed by atoms with E-state index in [9.17, 15) is 5.11 Å². The van der Waals surface area contributed by atoms with Crippen LogP contribution in [0.25, 0.3) is 16.8 Å². The van der Waals surface area contributed by atoms with Crippen LogP contribution >= 0.6 is 0 Å². The van der Waals surface area contributed by atoms with Crippen LogP contribution in [0.3, 0.4) is 0 Å². The van der Waals surface area contributed by atoms with Crippen molar-refractivity contribution in [1.29, 1.82) is 0 Å². The molecule has 4 nitrogen and oxygen atoms in total. The molecule has 1 aromatic carbocycles. The highest BCUT2D eigenvalue weighted by atomic mass is 16.3. The fourth-order valence-electron chi connectivity index (χ4n) is 2.57. The van der Waals surface area contributed by atoms with Crippen LogP contribution in [0, 0.1) is 0 Å². The molecule has 0 aliphatic carbocycles. The molecule has 0 saturated carbocycles. The number of benzene rings is 1. The SMILES string of the molecule is CCC1=CCC=Nc2c1c(-c1cccc(O)c1)nn2C. The van der Waals surface area contributed by atoms with E-state index in [2.05, 4.69) is 23.1 Å². The average Bonchev–Trinajstić information content (AvgIpc) is 2.64. The molecular weight excluding hydrogens is 250 g/mol. The summed E-state index contributed by atoms with van der Waals surface area (Å²) in [4.78, 5) is 4.51. The Kier molecular flexibility index (Phi) is 3.14. The van der Waals surface area contributed by atoms with Gasteiger partial charge in [-0.05, 0) is 24.1 Å². The van der Waals surface area contributed by atoms with Crippen LogP contribution in [-0.4, -0.2) is 21.1 Å². The van der Waals surface area contributed by atoms with Crippen molar-refractivity contribution in [1.82, 2.24) is 9.78 Å². The van der Waals surface area contributed by atoms with Gasteiger partial charge in [0.05, 0.1) is 0 Å². The van der Waals surface area contributed by atoms with E-state index in [-0.39, 0.29) is 5.75 Å². The van der Waals surface area contributed by atoms with Crippen LogP contribution in [0.15, 0.2) is 35.3 Å². The van der Waals surface area contributed by atoms with Gasteiger partial charge in [-0.15, -0.1) is 0 Å². The third kappa shape index (κ3) is 2.03. The number of rotatable bonds is 2. The molecule has 0 fully saturated rings. The maximum Gasteiger partial charge on any atom is 0.158 e. The zero-order valence-corrected chi connectivity index (χ0v) is 11.7. The molecule has 20 heavy (non-hydrogen) atoms. The van der Waals surface area contributed by atoms with Crippen molar-refractivity contribution in [2.75, 3.05) is 0 Å². The van der Waals surface area contributed by atoms with E-state index in [4.69, 9.17) is 0 Å². The fraction of sp³-hybridized carbons (Fsp3) is 0.250. The number of aryl methyl sites for hydroxylation is 1. The summed E-state index contributed by atoms with van der Waals surface area (Å²) in [5, 5.41) is 14.3. The Morgan fingerprint density at radius 3 is 2.95 bits per heavy atom. The van der Waals surface area contributed by atoms with Gasteiger partial charge in [0, 0.05) is 30.8 Å². The van der Waals surface area contributed by atoms with Gasteiger partial charge in [0.15, 0.2) is 5.82 Å². The standard InChI is InChI=1S/C16H17N3O/c1-3-11-7-5-9-17-16-14(11)15(18-19(16)2)12-6-4-8-13(20)10-12/h4,6-10,20H,3,5H2,1-2H3. The number of fused-ring (bicyclic) bond motifs is 1. The van der Waals surface area contributed by atoms with Crippen LogP contribution in [0.1, 0.15) is 25.3 Å². The number of aromatic nitrogens is 2. The number of phenolic OH excluding ortho intramolecular Hbond substituents is 1. The zero-order chi connectivity index (χ0) is 14.1. The van der Waals surface area contributed by atoms with Crippen molar-refractivity contribution in [3.05, 3.63) is 35.9 Å². The van der Waals surface area contributed by atoms with Gasteiger partial charge in [-0.1, -0.05) is 25.1 Å². The van der Waals surface area contributed by atoms with Crippen LogP contribution in [0.4, 0.5) is 5.82 Å². The lowest BCUT2D eigenvalue weighted by Crippen LogP contribution is -1.89. The Bertz CT molecular complexity index is 711. The van der Waals surface area contributed by atoms with Crippen LogP contribution in [0.2, 0.25) is 0 Å². The smallest absolute Gasteiger partial charge is 0.158 e. The van der Waals surface area contributed by atoms with E-state index < -0.39 is 0 Å². The van der Waals surface area contributed by atoms with E-state index in [1.54, 1.807) is 16.8 Å². The van der Waals surface area contributed by atoms with E-state index >= 15 is 0 Å². The number of hydrogen-bond acceptors (Lipinski definition) is 3. The molecule has 0 spiro atoms. The lowest BCUT2D eigenvalue weighted by molar-refractivity contribution is 0.475. The van der Waals surface area contributed by atoms with Crippen LogP contribution < -0.4 is 0 Å². The van der Waals surface area contributed by atoms with Crippen molar-refractivity contribution in [3.8, 4) is 17.0 Å². The van der Waals surface area contributed by atoms with Gasteiger partial charge < -0.3 is 5.11 Å². The molecule has 1 aliphatic heterocycles. The quantitative estimate of drug-likeness (QED) is 0.902. The number of nitrogens with zero attached hydrogens (tertiary/aromatic N) is 3. The topological polar surface area (TPSA) is 50.4 Å². The van der Waals surface area contributed by atoms with Crippen LogP contribution in [-0.2, 0) is 7.05 Å². The van der Waals surface area contributed by atoms with Crippen molar-refractivity contribution < 1.29 is 5.11 Å². The number of hydrogen-bond donors (Lipinski definition) is 1. The second-order valence-electron chi connectivity index (χ2n) is 4.85. The molecule has 0 unspecified atom stereocenters. The van der Waals surface area contributed by atoms with Gasteiger partial charge in [0.2, 0.25) is 0 Å². The first-order chi connectivity index (χ1) is 9.70. The zero-order valence-electron chi connectivity index (χ0n) is 11.7. The van der Waals surface area contributed by atoms with Crippen molar-refractivity contribution in [3.63, 3.8) is 0 Å². The fourth-order valence-corrected chi connectivity index (χ4v) is 2.57. The lowest BCUT2D eigenvalue weighted by Gasteiger charge is -2.06. The van der Waals surface area contributed by atoms with Gasteiger partial charge >= 0.3 is 0 Å². The molecule has 0 atom stereocenters. The minimum atomic E-state index is 0.251. The molecule has 2 heterocycles. The Hall–Kier alpha value is -2.36. The molecule has 3 rings (SSSR count). The molecule has 0 saturated heterocycles. The van der Waals surface area contributed by atoms with E-state index in [1.807, 2.05) is 25.4 Å². The average molecular weight is 267 g/mol. The first-order valence-corrected chi connectivity index (χ1v) is 6.79.